The number of carboxylic acids is 1. The highest BCUT2D eigenvalue weighted by molar-refractivity contribution is 6.03. The van der Waals surface area contributed by atoms with E-state index in [1.54, 1.807) is 24.8 Å². The molecule has 0 bridgehead atoms. The lowest BCUT2D eigenvalue weighted by atomic mass is 9.84. The molecule has 0 atom stereocenters. The van der Waals surface area contributed by atoms with Crippen molar-refractivity contribution < 1.29 is 33.3 Å². The Balaban J connectivity index is 1.59. The van der Waals surface area contributed by atoms with Gasteiger partial charge in [-0.1, -0.05) is 26.8 Å². The van der Waals surface area contributed by atoms with Crippen LogP contribution in [0, 0.1) is 11.2 Å². The number of carbonyl (C=O) groups is 2. The molecule has 4 rings (SSSR count). The fraction of sp³-hybridized carbons (Fsp3) is 0.516. The molecule has 0 unspecified atom stereocenters. The predicted molar refractivity (Wildman–Crippen MR) is 154 cm³/mol. The first-order chi connectivity index (χ1) is 19.4. The van der Waals surface area contributed by atoms with Gasteiger partial charge in [0.2, 0.25) is 0 Å². The van der Waals surface area contributed by atoms with Crippen LogP contribution in [0.2, 0.25) is 0 Å². The molecule has 2 aliphatic heterocycles. The zero-order valence-corrected chi connectivity index (χ0v) is 24.6. The summed E-state index contributed by atoms with van der Waals surface area (Å²) in [4.78, 5) is 28.5. The highest BCUT2D eigenvalue weighted by Crippen LogP contribution is 2.42. The van der Waals surface area contributed by atoms with Crippen LogP contribution in [0.25, 0.3) is 0 Å². The van der Waals surface area contributed by atoms with Crippen molar-refractivity contribution in [2.45, 2.75) is 65.8 Å². The van der Waals surface area contributed by atoms with E-state index in [2.05, 4.69) is 4.90 Å². The number of ketones is 1. The maximum Gasteiger partial charge on any atom is 0.341 e. The number of fused-ring (bicyclic) bond motifs is 1. The third-order valence-electron chi connectivity index (χ3n) is 7.26. The lowest BCUT2D eigenvalue weighted by Crippen LogP contribution is -2.31. The molecule has 1 saturated heterocycles. The highest BCUT2D eigenvalue weighted by Gasteiger charge is 2.33. The van der Waals surface area contributed by atoms with Gasteiger partial charge in [-0.25, -0.2) is 9.18 Å². The molecule has 2 aliphatic rings. The summed E-state index contributed by atoms with van der Waals surface area (Å²) in [6, 6.07) is 5.53. The Morgan fingerprint density at radius 2 is 1.71 bits per heavy atom. The van der Waals surface area contributed by atoms with Crippen LogP contribution in [0.4, 0.5) is 10.1 Å². The van der Waals surface area contributed by atoms with Gasteiger partial charge in [0, 0.05) is 31.6 Å². The van der Waals surface area contributed by atoms with Crippen LogP contribution in [0.5, 0.6) is 17.2 Å². The first kappa shape index (κ1) is 30.1. The normalized spacial score (nSPS) is 14.8. The first-order valence-electron chi connectivity index (χ1n) is 14.2. The third-order valence-corrected chi connectivity index (χ3v) is 7.26. The molecular weight excluding hydrogens is 529 g/mol. The summed E-state index contributed by atoms with van der Waals surface area (Å²) >= 11 is 0. The maximum atomic E-state index is 15.4. The Bertz CT molecular complexity index is 1330. The van der Waals surface area contributed by atoms with Crippen LogP contribution in [-0.4, -0.2) is 67.0 Å². The molecule has 2 N–H and O–H groups in total. The Hall–Kier alpha value is -3.82. The number of nitrogens with one attached hydrogen (secondary N) is 1. The number of amidine groups is 1. The fourth-order valence-electron chi connectivity index (χ4n) is 5.46. The van der Waals surface area contributed by atoms with Gasteiger partial charge in [0.05, 0.1) is 31.0 Å². The molecule has 0 radical (unpaired) electrons. The minimum atomic E-state index is -1.05. The zero-order chi connectivity index (χ0) is 29.9. The average Bonchev–Trinajstić information content (AvgIpc) is 3.53. The SMILES string of the molecule is CCOc1cc2c(c(F)c1OCC)C(=N)N(CC(=O)Cc1cc(N3CCCC3)c(OCC(=O)O)c(C(C)(C)C)c1)C2. The maximum absolute atomic E-state index is 15.4. The molecule has 9 nitrogen and oxygen atoms in total. The highest BCUT2D eigenvalue weighted by atomic mass is 19.1. The number of ether oxygens (including phenoxy) is 3. The van der Waals surface area contributed by atoms with Crippen LogP contribution in [0.15, 0.2) is 18.2 Å². The van der Waals surface area contributed by atoms with Gasteiger partial charge >= 0.3 is 5.97 Å². The minimum absolute atomic E-state index is 0.0135. The molecule has 2 aromatic carbocycles. The summed E-state index contributed by atoms with van der Waals surface area (Å²) in [6.07, 6.45) is 2.16. The van der Waals surface area contributed by atoms with Crippen LogP contribution >= 0.6 is 0 Å². The van der Waals surface area contributed by atoms with E-state index in [-0.39, 0.29) is 54.5 Å². The molecule has 0 saturated carbocycles. The summed E-state index contributed by atoms with van der Waals surface area (Å²) < 4.78 is 32.4. The fourth-order valence-corrected chi connectivity index (χ4v) is 5.46. The monoisotopic (exact) mass is 569 g/mol. The van der Waals surface area contributed by atoms with Crippen molar-refractivity contribution in [3.8, 4) is 17.2 Å². The van der Waals surface area contributed by atoms with E-state index in [4.69, 9.17) is 19.6 Å². The lowest BCUT2D eigenvalue weighted by molar-refractivity contribution is -0.139. The number of carboxylic acid groups (broad SMARTS) is 1. The van der Waals surface area contributed by atoms with Gasteiger partial charge in [0.25, 0.3) is 0 Å². The van der Waals surface area contributed by atoms with E-state index in [0.717, 1.165) is 42.7 Å². The smallest absolute Gasteiger partial charge is 0.341 e. The molecule has 0 spiro atoms. The van der Waals surface area contributed by atoms with E-state index in [0.29, 0.717) is 23.7 Å². The summed E-state index contributed by atoms with van der Waals surface area (Å²) in [5, 5.41) is 17.9. The zero-order valence-electron chi connectivity index (χ0n) is 24.6. The number of Topliss-reactive ketones (excluding diaryl/α,β-unsaturated/α-hetero) is 1. The predicted octanol–water partition coefficient (Wildman–Crippen LogP) is 4.94. The van der Waals surface area contributed by atoms with Gasteiger partial charge in [0.1, 0.15) is 11.6 Å². The quantitative estimate of drug-likeness (QED) is 0.370. The van der Waals surface area contributed by atoms with Crippen molar-refractivity contribution in [2.24, 2.45) is 0 Å². The van der Waals surface area contributed by atoms with Crippen LogP contribution in [0.1, 0.15) is 69.7 Å². The average molecular weight is 570 g/mol. The van der Waals surface area contributed by atoms with Crippen molar-refractivity contribution in [2.75, 3.05) is 44.4 Å². The summed E-state index contributed by atoms with van der Waals surface area (Å²) in [6.45, 7) is 11.6. The number of halogens is 1. The van der Waals surface area contributed by atoms with Crippen molar-refractivity contribution >= 4 is 23.3 Å². The van der Waals surface area contributed by atoms with E-state index in [1.165, 1.54) is 0 Å². The standard InChI is InChI=1S/C31H40FN3O6/c1-6-39-24-15-20-16-35(30(33)26(20)27(32)29(24)40-7-2)17-21(36)12-19-13-22(31(3,4)5)28(41-18-25(37)38)23(14-19)34-10-8-9-11-34/h13-15,33H,6-12,16-18H2,1-5H3,(H,37,38). The molecular formula is C31H40FN3O6. The lowest BCUT2D eigenvalue weighted by Gasteiger charge is -2.29. The molecule has 2 aromatic rings. The molecule has 41 heavy (non-hydrogen) atoms. The van der Waals surface area contributed by atoms with Crippen molar-refractivity contribution in [3.05, 3.63) is 46.3 Å². The number of rotatable bonds is 12. The van der Waals surface area contributed by atoms with Gasteiger partial charge in [-0.15, -0.1) is 0 Å². The largest absolute Gasteiger partial charge is 0.490 e. The number of hydrogen-bond acceptors (Lipinski definition) is 7. The van der Waals surface area contributed by atoms with E-state index in [1.807, 2.05) is 32.9 Å². The van der Waals surface area contributed by atoms with Gasteiger partial charge < -0.3 is 29.1 Å². The number of carbonyl (C=O) groups excluding carboxylic acids is 1. The molecule has 1 fully saturated rings. The van der Waals surface area contributed by atoms with Crippen LogP contribution < -0.4 is 19.1 Å². The molecule has 0 amide bonds. The van der Waals surface area contributed by atoms with Crippen LogP contribution in [-0.2, 0) is 28.0 Å². The van der Waals surface area contributed by atoms with Crippen molar-refractivity contribution in [1.29, 1.82) is 5.41 Å². The molecule has 10 heteroatoms. The van der Waals surface area contributed by atoms with E-state index >= 15 is 4.39 Å². The van der Waals surface area contributed by atoms with Crippen molar-refractivity contribution in [3.63, 3.8) is 0 Å². The Morgan fingerprint density at radius 1 is 1.02 bits per heavy atom. The van der Waals surface area contributed by atoms with Crippen molar-refractivity contribution in [1.82, 2.24) is 4.90 Å². The number of anilines is 1. The number of nitrogens with zero attached hydrogens (tertiary/aromatic N) is 2. The Morgan fingerprint density at radius 3 is 2.32 bits per heavy atom. The Kier molecular flexibility index (Phi) is 9.09. The first-order valence-corrected chi connectivity index (χ1v) is 14.2. The van der Waals surface area contributed by atoms with E-state index in [9.17, 15) is 14.7 Å². The number of benzene rings is 2. The Labute approximate surface area is 240 Å². The summed E-state index contributed by atoms with van der Waals surface area (Å²) in [5.41, 5.74) is 2.77. The third kappa shape index (κ3) is 6.57. The molecule has 0 aromatic heterocycles. The van der Waals surface area contributed by atoms with E-state index < -0.39 is 18.4 Å². The van der Waals surface area contributed by atoms with Crippen LogP contribution in [0.3, 0.4) is 0 Å². The summed E-state index contributed by atoms with van der Waals surface area (Å²) in [5.74, 6) is -1.05. The second-order valence-corrected chi connectivity index (χ2v) is 11.5. The van der Waals surface area contributed by atoms with Gasteiger partial charge in [0.15, 0.2) is 29.7 Å². The van der Waals surface area contributed by atoms with Gasteiger partial charge in [-0.2, -0.15) is 0 Å². The number of aliphatic carboxylic acids is 1. The molecule has 222 valence electrons. The second kappa shape index (κ2) is 12.4. The summed E-state index contributed by atoms with van der Waals surface area (Å²) in [7, 11) is 0. The van der Waals surface area contributed by atoms with Gasteiger partial charge in [-0.3, -0.25) is 10.2 Å². The minimum Gasteiger partial charge on any atom is -0.490 e. The number of hydrogen-bond donors (Lipinski definition) is 2. The molecule has 2 heterocycles. The second-order valence-electron chi connectivity index (χ2n) is 11.5. The van der Waals surface area contributed by atoms with Gasteiger partial charge in [-0.05, 0) is 55.4 Å². The topological polar surface area (TPSA) is 112 Å². The molecule has 0 aliphatic carbocycles.